The topological polar surface area (TPSA) is 34.6 Å². The van der Waals surface area contributed by atoms with Crippen molar-refractivity contribution in [2.75, 3.05) is 0 Å². The van der Waals surface area contributed by atoms with Gasteiger partial charge in [0.2, 0.25) is 6.33 Å². The lowest BCUT2D eigenvalue weighted by Gasteiger charge is -2.04. The molecule has 4 heteroatoms. The maximum absolute atomic E-state index is 4.60. The van der Waals surface area contributed by atoms with E-state index in [0.717, 1.165) is 16.7 Å². The van der Waals surface area contributed by atoms with Crippen LogP contribution in [0.2, 0.25) is 0 Å². The fourth-order valence-electron chi connectivity index (χ4n) is 2.27. The quantitative estimate of drug-likeness (QED) is 0.657. The van der Waals surface area contributed by atoms with Crippen molar-refractivity contribution in [2.45, 2.75) is 19.8 Å². The number of fused-ring (bicyclic) bond motifs is 1. The SMILES string of the molecule is CC(C)c1ccc2c(c1)c(-[n+]1cccnc1)nn2C. The van der Waals surface area contributed by atoms with E-state index in [1.54, 1.807) is 12.5 Å². The van der Waals surface area contributed by atoms with Crippen molar-refractivity contribution < 1.29 is 4.57 Å². The van der Waals surface area contributed by atoms with Crippen LogP contribution in [0.3, 0.4) is 0 Å². The summed E-state index contributed by atoms with van der Waals surface area (Å²) in [5, 5.41) is 5.76. The first-order valence-electron chi connectivity index (χ1n) is 6.45. The van der Waals surface area contributed by atoms with E-state index in [0.29, 0.717) is 5.92 Å². The van der Waals surface area contributed by atoms with E-state index in [1.807, 2.05) is 28.6 Å². The molecule has 19 heavy (non-hydrogen) atoms. The molecular formula is C15H17N4+. The average Bonchev–Trinajstić information content (AvgIpc) is 2.77. The zero-order valence-electron chi connectivity index (χ0n) is 11.4. The second-order valence-corrected chi connectivity index (χ2v) is 5.04. The van der Waals surface area contributed by atoms with Crippen LogP contribution in [0.15, 0.2) is 43.0 Å². The molecule has 0 aliphatic carbocycles. The zero-order chi connectivity index (χ0) is 13.4. The van der Waals surface area contributed by atoms with Gasteiger partial charge in [-0.2, -0.15) is 0 Å². The first-order chi connectivity index (χ1) is 9.16. The molecular weight excluding hydrogens is 236 g/mol. The molecule has 0 radical (unpaired) electrons. The number of benzene rings is 1. The van der Waals surface area contributed by atoms with Gasteiger partial charge in [-0.25, -0.2) is 9.25 Å². The Balaban J connectivity index is 2.27. The molecule has 0 spiro atoms. The Labute approximate surface area is 112 Å². The average molecular weight is 253 g/mol. The van der Waals surface area contributed by atoms with Crippen LogP contribution in [-0.4, -0.2) is 14.8 Å². The summed E-state index contributed by atoms with van der Waals surface area (Å²) in [6.45, 7) is 4.41. The van der Waals surface area contributed by atoms with Crippen LogP contribution in [0.5, 0.6) is 0 Å². The van der Waals surface area contributed by atoms with Crippen LogP contribution in [0.4, 0.5) is 0 Å². The molecule has 0 atom stereocenters. The molecule has 2 aromatic heterocycles. The number of hydrogen-bond donors (Lipinski definition) is 0. The predicted molar refractivity (Wildman–Crippen MR) is 74.1 cm³/mol. The van der Waals surface area contributed by atoms with Gasteiger partial charge in [0.1, 0.15) is 6.20 Å². The summed E-state index contributed by atoms with van der Waals surface area (Å²) in [5.74, 6) is 1.43. The Morgan fingerprint density at radius 1 is 1.26 bits per heavy atom. The molecule has 0 amide bonds. The molecule has 1 aromatic carbocycles. The molecule has 0 aliphatic heterocycles. The third-order valence-electron chi connectivity index (χ3n) is 3.38. The number of hydrogen-bond acceptors (Lipinski definition) is 2. The van der Waals surface area contributed by atoms with Crippen LogP contribution in [0.1, 0.15) is 25.3 Å². The van der Waals surface area contributed by atoms with Crippen molar-refractivity contribution in [1.29, 1.82) is 0 Å². The van der Waals surface area contributed by atoms with Gasteiger partial charge in [-0.3, -0.25) is 0 Å². The van der Waals surface area contributed by atoms with Gasteiger partial charge >= 0.3 is 0 Å². The van der Waals surface area contributed by atoms with Crippen LogP contribution in [0.25, 0.3) is 16.7 Å². The lowest BCUT2D eigenvalue weighted by Crippen LogP contribution is -2.31. The number of nitrogens with zero attached hydrogens (tertiary/aromatic N) is 4. The lowest BCUT2D eigenvalue weighted by molar-refractivity contribution is -0.601. The van der Waals surface area contributed by atoms with Crippen LogP contribution >= 0.6 is 0 Å². The molecule has 3 rings (SSSR count). The van der Waals surface area contributed by atoms with Crippen molar-refractivity contribution in [2.24, 2.45) is 7.05 Å². The fourth-order valence-corrected chi connectivity index (χ4v) is 2.27. The maximum Gasteiger partial charge on any atom is 0.300 e. The van der Waals surface area contributed by atoms with E-state index in [9.17, 15) is 0 Å². The molecule has 0 saturated heterocycles. The van der Waals surface area contributed by atoms with E-state index in [2.05, 4.69) is 42.1 Å². The standard InChI is InChI=1S/C15H17N4/c1-11(2)12-5-6-14-13(9-12)15(17-18(14)3)19-8-4-7-16-10-19/h4-11H,1-3H3/q+1. The minimum absolute atomic E-state index is 0.511. The van der Waals surface area contributed by atoms with Gasteiger partial charge in [0.25, 0.3) is 5.82 Å². The van der Waals surface area contributed by atoms with Crippen molar-refractivity contribution in [3.8, 4) is 5.82 Å². The highest BCUT2D eigenvalue weighted by molar-refractivity contribution is 5.85. The summed E-state index contributed by atoms with van der Waals surface area (Å²) in [6.07, 6.45) is 5.52. The van der Waals surface area contributed by atoms with Gasteiger partial charge in [-0.1, -0.05) is 19.9 Å². The minimum atomic E-state index is 0.511. The minimum Gasteiger partial charge on any atom is -0.206 e. The highest BCUT2D eigenvalue weighted by atomic mass is 15.3. The van der Waals surface area contributed by atoms with E-state index in [1.165, 1.54) is 5.56 Å². The largest absolute Gasteiger partial charge is 0.300 e. The molecule has 96 valence electrons. The van der Waals surface area contributed by atoms with E-state index in [4.69, 9.17) is 0 Å². The van der Waals surface area contributed by atoms with Gasteiger partial charge in [0.05, 0.1) is 17.1 Å². The van der Waals surface area contributed by atoms with Gasteiger partial charge in [0, 0.05) is 13.1 Å². The predicted octanol–water partition coefficient (Wildman–Crippen LogP) is 2.37. The monoisotopic (exact) mass is 253 g/mol. The Morgan fingerprint density at radius 3 is 2.79 bits per heavy atom. The second-order valence-electron chi connectivity index (χ2n) is 5.04. The zero-order valence-corrected chi connectivity index (χ0v) is 11.4. The van der Waals surface area contributed by atoms with Crippen molar-refractivity contribution in [3.63, 3.8) is 0 Å². The summed E-state index contributed by atoms with van der Waals surface area (Å²) >= 11 is 0. The van der Waals surface area contributed by atoms with Crippen LogP contribution in [0, 0.1) is 0 Å². The van der Waals surface area contributed by atoms with Crippen molar-refractivity contribution in [1.82, 2.24) is 14.8 Å². The lowest BCUT2D eigenvalue weighted by atomic mass is 10.0. The molecule has 0 bridgehead atoms. The highest BCUT2D eigenvalue weighted by Crippen LogP contribution is 2.23. The molecule has 0 saturated carbocycles. The molecule has 0 unspecified atom stereocenters. The Hall–Kier alpha value is -2.23. The summed E-state index contributed by atoms with van der Waals surface area (Å²) in [5.41, 5.74) is 2.46. The van der Waals surface area contributed by atoms with Crippen molar-refractivity contribution >= 4 is 10.9 Å². The Kier molecular flexibility index (Phi) is 2.78. The van der Waals surface area contributed by atoms with Gasteiger partial charge in [0.15, 0.2) is 0 Å². The third-order valence-corrected chi connectivity index (χ3v) is 3.38. The number of aromatic nitrogens is 4. The first kappa shape index (κ1) is 11.8. The first-order valence-corrected chi connectivity index (χ1v) is 6.45. The van der Waals surface area contributed by atoms with E-state index < -0.39 is 0 Å². The second kappa shape index (κ2) is 4.46. The summed E-state index contributed by atoms with van der Waals surface area (Å²) in [6, 6.07) is 8.44. The van der Waals surface area contributed by atoms with Crippen LogP contribution in [-0.2, 0) is 7.05 Å². The van der Waals surface area contributed by atoms with Crippen LogP contribution < -0.4 is 4.57 Å². The smallest absolute Gasteiger partial charge is 0.206 e. The summed E-state index contributed by atoms with van der Waals surface area (Å²) in [7, 11) is 1.97. The van der Waals surface area contributed by atoms with E-state index in [-0.39, 0.29) is 0 Å². The number of aryl methyl sites for hydroxylation is 1. The molecule has 3 aromatic rings. The molecule has 4 nitrogen and oxygen atoms in total. The normalized spacial score (nSPS) is 11.4. The summed E-state index contributed by atoms with van der Waals surface area (Å²) < 4.78 is 3.86. The highest BCUT2D eigenvalue weighted by Gasteiger charge is 2.17. The van der Waals surface area contributed by atoms with Gasteiger partial charge in [-0.15, -0.1) is 4.98 Å². The molecule has 2 heterocycles. The van der Waals surface area contributed by atoms with E-state index >= 15 is 0 Å². The van der Waals surface area contributed by atoms with Gasteiger partial charge in [-0.05, 0) is 28.7 Å². The Bertz CT molecular complexity index is 714. The van der Waals surface area contributed by atoms with Crippen molar-refractivity contribution in [3.05, 3.63) is 48.5 Å². The number of rotatable bonds is 2. The van der Waals surface area contributed by atoms with Gasteiger partial charge < -0.3 is 0 Å². The fraction of sp³-hybridized carbons (Fsp3) is 0.267. The summed E-state index contributed by atoms with van der Waals surface area (Å²) in [4.78, 5) is 4.15. The third kappa shape index (κ3) is 1.99. The molecule has 0 aliphatic rings. The molecule has 0 fully saturated rings. The maximum atomic E-state index is 4.60. The Morgan fingerprint density at radius 2 is 2.11 bits per heavy atom. The molecule has 0 N–H and O–H groups in total.